The Morgan fingerprint density at radius 1 is 1.13 bits per heavy atom. The third-order valence-corrected chi connectivity index (χ3v) is 6.68. The highest BCUT2D eigenvalue weighted by Gasteiger charge is 2.28. The van der Waals surface area contributed by atoms with E-state index in [1.54, 1.807) is 0 Å². The molecule has 31 heavy (non-hydrogen) atoms. The third-order valence-electron chi connectivity index (χ3n) is 5.62. The highest BCUT2D eigenvalue weighted by atomic mass is 32.1. The molecule has 1 aliphatic heterocycles. The minimum Gasteiger partial charge on any atom is -0.355 e. The highest BCUT2D eigenvalue weighted by Crippen LogP contribution is 2.36. The van der Waals surface area contributed by atoms with E-state index in [0.29, 0.717) is 39.3 Å². The van der Waals surface area contributed by atoms with Crippen molar-refractivity contribution in [3.8, 4) is 5.69 Å². The molecule has 0 atom stereocenters. The van der Waals surface area contributed by atoms with Crippen LogP contribution in [0.1, 0.15) is 34.3 Å². The molecule has 164 valence electrons. The van der Waals surface area contributed by atoms with Gasteiger partial charge in [-0.15, -0.1) is 11.3 Å². The van der Waals surface area contributed by atoms with Gasteiger partial charge in [-0.25, -0.2) is 4.98 Å². The molecule has 0 spiro atoms. The molecular formula is C23H29N5O2S. The molecule has 0 unspecified atom stereocenters. The van der Waals surface area contributed by atoms with E-state index >= 15 is 0 Å². The Hall–Kier alpha value is -2.71. The number of piperazine rings is 1. The van der Waals surface area contributed by atoms with Crippen LogP contribution in [0, 0.1) is 13.8 Å². The van der Waals surface area contributed by atoms with Gasteiger partial charge in [0, 0.05) is 56.2 Å². The molecule has 0 radical (unpaired) electrons. The molecule has 2 amide bonds. The normalized spacial score (nSPS) is 14.9. The van der Waals surface area contributed by atoms with E-state index in [1.165, 1.54) is 11.3 Å². The van der Waals surface area contributed by atoms with E-state index in [0.717, 1.165) is 38.5 Å². The third kappa shape index (κ3) is 4.50. The largest absolute Gasteiger partial charge is 0.355 e. The summed E-state index contributed by atoms with van der Waals surface area (Å²) in [6, 6.07) is 6.01. The molecule has 8 heteroatoms. The number of amides is 2. The number of hydrogen-bond acceptors (Lipinski definition) is 5. The molecule has 1 aliphatic rings. The summed E-state index contributed by atoms with van der Waals surface area (Å²) in [5.41, 5.74) is 3.00. The predicted octanol–water partition coefficient (Wildman–Crippen LogP) is 2.99. The standard InChI is InChI=1S/C23H29N5O2S/c1-4-7-24-18(29)15-26-10-12-28(13-11-26)23(30)21-20(27-8-5-6-9-27)19-16(2)14-17(3)25-22(19)31-21/h5-6,8-9,14H,4,7,10-13,15H2,1-3H3,(H,24,29). The Morgan fingerprint density at radius 3 is 2.52 bits per heavy atom. The highest BCUT2D eigenvalue weighted by molar-refractivity contribution is 7.21. The maximum Gasteiger partial charge on any atom is 0.266 e. The zero-order valence-electron chi connectivity index (χ0n) is 18.4. The molecule has 3 aromatic heterocycles. The lowest BCUT2D eigenvalue weighted by molar-refractivity contribution is -0.122. The van der Waals surface area contributed by atoms with Crippen LogP contribution < -0.4 is 5.32 Å². The summed E-state index contributed by atoms with van der Waals surface area (Å²) < 4.78 is 2.02. The van der Waals surface area contributed by atoms with Crippen LogP contribution in [-0.2, 0) is 4.79 Å². The average molecular weight is 440 g/mol. The van der Waals surface area contributed by atoms with E-state index in [2.05, 4.69) is 23.2 Å². The van der Waals surface area contributed by atoms with Crippen LogP contribution in [0.5, 0.6) is 0 Å². The van der Waals surface area contributed by atoms with Gasteiger partial charge in [-0.05, 0) is 44.0 Å². The fraction of sp³-hybridized carbons (Fsp3) is 0.435. The van der Waals surface area contributed by atoms with Crippen LogP contribution in [0.4, 0.5) is 0 Å². The topological polar surface area (TPSA) is 70.5 Å². The Bertz CT molecular complexity index is 1080. The molecule has 0 aliphatic carbocycles. The summed E-state index contributed by atoms with van der Waals surface area (Å²) >= 11 is 1.47. The quantitative estimate of drug-likeness (QED) is 0.641. The first kappa shape index (κ1) is 21.5. The zero-order chi connectivity index (χ0) is 22.0. The van der Waals surface area contributed by atoms with Gasteiger partial charge in [0.05, 0.1) is 12.2 Å². The van der Waals surface area contributed by atoms with E-state index in [9.17, 15) is 9.59 Å². The van der Waals surface area contributed by atoms with E-state index in [4.69, 9.17) is 4.98 Å². The maximum absolute atomic E-state index is 13.5. The van der Waals surface area contributed by atoms with Gasteiger partial charge in [0.15, 0.2) is 0 Å². The molecule has 1 saturated heterocycles. The summed E-state index contributed by atoms with van der Waals surface area (Å²) in [4.78, 5) is 35.9. The minimum absolute atomic E-state index is 0.0406. The van der Waals surface area contributed by atoms with E-state index < -0.39 is 0 Å². The molecule has 1 N–H and O–H groups in total. The van der Waals surface area contributed by atoms with Crippen molar-refractivity contribution in [1.82, 2.24) is 24.7 Å². The minimum atomic E-state index is 0.0406. The van der Waals surface area contributed by atoms with Crippen molar-refractivity contribution in [1.29, 1.82) is 0 Å². The number of aryl methyl sites for hydroxylation is 2. The van der Waals surface area contributed by atoms with Crippen molar-refractivity contribution in [3.63, 3.8) is 0 Å². The zero-order valence-corrected chi connectivity index (χ0v) is 19.2. The lowest BCUT2D eigenvalue weighted by atomic mass is 10.1. The molecule has 0 saturated carbocycles. The SMILES string of the molecule is CCCNC(=O)CN1CCN(C(=O)c2sc3nc(C)cc(C)c3c2-n2cccc2)CC1. The van der Waals surface area contributed by atoms with Crippen LogP contribution >= 0.6 is 11.3 Å². The van der Waals surface area contributed by atoms with E-state index in [-0.39, 0.29) is 11.8 Å². The van der Waals surface area contributed by atoms with Gasteiger partial charge in [0.2, 0.25) is 5.91 Å². The number of hydrogen-bond donors (Lipinski definition) is 1. The molecule has 7 nitrogen and oxygen atoms in total. The Kier molecular flexibility index (Phi) is 6.38. The molecular weight excluding hydrogens is 410 g/mol. The van der Waals surface area contributed by atoms with Crippen LogP contribution in [0.15, 0.2) is 30.6 Å². The fourth-order valence-corrected chi connectivity index (χ4v) is 5.34. The number of pyridine rings is 1. The second-order valence-electron chi connectivity index (χ2n) is 8.05. The Morgan fingerprint density at radius 2 is 1.84 bits per heavy atom. The number of thiophene rings is 1. The van der Waals surface area contributed by atoms with Crippen molar-refractivity contribution in [2.45, 2.75) is 27.2 Å². The molecule has 0 bridgehead atoms. The van der Waals surface area contributed by atoms with Gasteiger partial charge in [-0.2, -0.15) is 0 Å². The monoisotopic (exact) mass is 439 g/mol. The number of aromatic nitrogens is 2. The second-order valence-corrected chi connectivity index (χ2v) is 9.05. The van der Waals surface area contributed by atoms with Gasteiger partial charge in [-0.3, -0.25) is 14.5 Å². The van der Waals surface area contributed by atoms with E-state index in [1.807, 2.05) is 47.8 Å². The van der Waals surface area contributed by atoms with Crippen molar-refractivity contribution in [3.05, 3.63) is 46.7 Å². The summed E-state index contributed by atoms with van der Waals surface area (Å²) in [6.07, 6.45) is 4.88. The van der Waals surface area contributed by atoms with Gasteiger partial charge >= 0.3 is 0 Å². The van der Waals surface area contributed by atoms with Gasteiger partial charge in [-0.1, -0.05) is 6.92 Å². The van der Waals surface area contributed by atoms with Crippen LogP contribution in [0.2, 0.25) is 0 Å². The first-order valence-electron chi connectivity index (χ1n) is 10.8. The Labute approximate surface area is 186 Å². The van der Waals surface area contributed by atoms with Crippen LogP contribution in [-0.4, -0.2) is 70.4 Å². The molecule has 4 rings (SSSR count). The average Bonchev–Trinajstić information content (AvgIpc) is 3.40. The number of rotatable bonds is 6. The first-order chi connectivity index (χ1) is 15.0. The summed E-state index contributed by atoms with van der Waals surface area (Å²) in [5, 5.41) is 3.96. The lowest BCUT2D eigenvalue weighted by Gasteiger charge is -2.34. The predicted molar refractivity (Wildman–Crippen MR) is 124 cm³/mol. The van der Waals surface area contributed by atoms with Crippen LogP contribution in [0.25, 0.3) is 15.9 Å². The van der Waals surface area contributed by atoms with Gasteiger partial charge in [0.25, 0.3) is 5.91 Å². The summed E-state index contributed by atoms with van der Waals surface area (Å²) in [5.74, 6) is 0.0942. The number of nitrogens with zero attached hydrogens (tertiary/aromatic N) is 4. The van der Waals surface area contributed by atoms with Crippen molar-refractivity contribution < 1.29 is 9.59 Å². The molecule has 0 aromatic carbocycles. The smallest absolute Gasteiger partial charge is 0.266 e. The van der Waals surface area contributed by atoms with Gasteiger partial charge < -0.3 is 14.8 Å². The van der Waals surface area contributed by atoms with Crippen molar-refractivity contribution in [2.24, 2.45) is 0 Å². The maximum atomic E-state index is 13.5. The summed E-state index contributed by atoms with van der Waals surface area (Å²) in [7, 11) is 0. The second kappa shape index (κ2) is 9.20. The first-order valence-corrected chi connectivity index (χ1v) is 11.6. The summed E-state index contributed by atoms with van der Waals surface area (Å²) in [6.45, 7) is 9.83. The lowest BCUT2D eigenvalue weighted by Crippen LogP contribution is -2.51. The molecule has 4 heterocycles. The number of nitrogens with one attached hydrogen (secondary N) is 1. The molecule has 3 aromatic rings. The molecule has 1 fully saturated rings. The van der Waals surface area contributed by atoms with Gasteiger partial charge in [0.1, 0.15) is 9.71 Å². The van der Waals surface area contributed by atoms with Crippen molar-refractivity contribution >= 4 is 33.4 Å². The Balaban J connectivity index is 1.56. The van der Waals surface area contributed by atoms with Crippen LogP contribution in [0.3, 0.4) is 0 Å². The number of fused-ring (bicyclic) bond motifs is 1. The number of carbonyl (C=O) groups is 2. The van der Waals surface area contributed by atoms with Crippen molar-refractivity contribution in [2.75, 3.05) is 39.3 Å². The fourth-order valence-electron chi connectivity index (χ4n) is 4.07. The number of carbonyl (C=O) groups excluding carboxylic acids is 2.